The smallest absolute Gasteiger partial charge is 0.0174 e. The minimum atomic E-state index is 0.783. The van der Waals surface area contributed by atoms with Crippen molar-refractivity contribution in [2.24, 2.45) is 17.8 Å². The average molecular weight is 206 g/mol. The molecule has 0 aromatic rings. The van der Waals surface area contributed by atoms with Crippen molar-refractivity contribution in [2.75, 3.05) is 0 Å². The number of hydrogen-bond donors (Lipinski definition) is 0. The van der Waals surface area contributed by atoms with Crippen LogP contribution in [0.5, 0.6) is 0 Å². The van der Waals surface area contributed by atoms with Gasteiger partial charge >= 0.3 is 0 Å². The van der Waals surface area contributed by atoms with E-state index in [0.29, 0.717) is 0 Å². The van der Waals surface area contributed by atoms with Gasteiger partial charge in [0.05, 0.1) is 0 Å². The molecule has 86 valence electrons. The van der Waals surface area contributed by atoms with Crippen LogP contribution in [0.15, 0.2) is 23.3 Å². The quantitative estimate of drug-likeness (QED) is 0.609. The zero-order valence-corrected chi connectivity index (χ0v) is 11.0. The molecule has 0 saturated heterocycles. The van der Waals surface area contributed by atoms with Crippen LogP contribution in [-0.2, 0) is 0 Å². The molecule has 1 aliphatic carbocycles. The molecule has 15 heavy (non-hydrogen) atoms. The van der Waals surface area contributed by atoms with Gasteiger partial charge in [0.25, 0.3) is 0 Å². The fourth-order valence-electron chi connectivity index (χ4n) is 2.43. The van der Waals surface area contributed by atoms with Gasteiger partial charge < -0.3 is 0 Å². The molecular formula is C15H26. The molecule has 0 aliphatic heterocycles. The third kappa shape index (κ3) is 3.85. The molecule has 0 nitrogen and oxygen atoms in total. The molecule has 0 aromatic carbocycles. The van der Waals surface area contributed by atoms with Gasteiger partial charge in [0.1, 0.15) is 0 Å². The Labute approximate surface area is 95.5 Å². The molecule has 0 radical (unpaired) electrons. The van der Waals surface area contributed by atoms with Gasteiger partial charge in [-0.3, -0.25) is 0 Å². The minimum absolute atomic E-state index is 0.783. The Balaban J connectivity index is 2.72. The van der Waals surface area contributed by atoms with Crippen LogP contribution in [0.2, 0.25) is 0 Å². The highest BCUT2D eigenvalue weighted by Gasteiger charge is 2.20. The van der Waals surface area contributed by atoms with Gasteiger partial charge in [0.15, 0.2) is 0 Å². The monoisotopic (exact) mass is 206 g/mol. The Morgan fingerprint density at radius 2 is 1.73 bits per heavy atom. The molecule has 0 N–H and O–H groups in total. The molecular weight excluding hydrogens is 180 g/mol. The summed E-state index contributed by atoms with van der Waals surface area (Å²) in [6.07, 6.45) is 8.60. The van der Waals surface area contributed by atoms with Gasteiger partial charge in [-0.25, -0.2) is 0 Å². The van der Waals surface area contributed by atoms with E-state index < -0.39 is 0 Å². The Kier molecular flexibility index (Phi) is 4.63. The van der Waals surface area contributed by atoms with E-state index in [1.54, 1.807) is 5.57 Å². The van der Waals surface area contributed by atoms with E-state index in [-0.39, 0.29) is 0 Å². The summed E-state index contributed by atoms with van der Waals surface area (Å²) in [6.45, 7) is 11.6. The van der Waals surface area contributed by atoms with E-state index in [2.05, 4.69) is 46.8 Å². The first-order valence-corrected chi connectivity index (χ1v) is 6.37. The van der Waals surface area contributed by atoms with Crippen LogP contribution in [0.3, 0.4) is 0 Å². The molecule has 0 saturated carbocycles. The van der Waals surface area contributed by atoms with E-state index in [1.807, 2.05) is 0 Å². The van der Waals surface area contributed by atoms with E-state index in [0.717, 1.165) is 17.8 Å². The van der Waals surface area contributed by atoms with Crippen molar-refractivity contribution in [1.29, 1.82) is 0 Å². The maximum absolute atomic E-state index is 2.38. The summed E-state index contributed by atoms with van der Waals surface area (Å²) in [6, 6.07) is 0. The molecule has 0 aromatic heterocycles. The lowest BCUT2D eigenvalue weighted by molar-refractivity contribution is 0.354. The van der Waals surface area contributed by atoms with E-state index in [1.165, 1.54) is 24.8 Å². The first-order chi connectivity index (χ1) is 7.00. The first kappa shape index (κ1) is 12.5. The van der Waals surface area contributed by atoms with Crippen LogP contribution in [0.1, 0.15) is 53.9 Å². The van der Waals surface area contributed by atoms with Crippen LogP contribution < -0.4 is 0 Å². The van der Waals surface area contributed by atoms with Gasteiger partial charge in [-0.15, -0.1) is 0 Å². The van der Waals surface area contributed by atoms with Crippen molar-refractivity contribution in [1.82, 2.24) is 0 Å². The van der Waals surface area contributed by atoms with Gasteiger partial charge in [0, 0.05) is 0 Å². The minimum Gasteiger partial charge on any atom is -0.0730 e. The summed E-state index contributed by atoms with van der Waals surface area (Å²) in [7, 11) is 0. The Bertz CT molecular complexity index is 253. The second kappa shape index (κ2) is 5.53. The molecule has 0 fully saturated rings. The maximum atomic E-state index is 2.38. The van der Waals surface area contributed by atoms with Crippen LogP contribution in [0.4, 0.5) is 0 Å². The summed E-state index contributed by atoms with van der Waals surface area (Å²) in [4.78, 5) is 0. The lowest BCUT2D eigenvalue weighted by atomic mass is 9.78. The molecule has 1 atom stereocenters. The number of rotatable bonds is 4. The third-order valence-electron chi connectivity index (χ3n) is 3.40. The van der Waals surface area contributed by atoms with Gasteiger partial charge in [-0.05, 0) is 43.9 Å². The fraction of sp³-hybridized carbons (Fsp3) is 0.733. The van der Waals surface area contributed by atoms with Crippen LogP contribution >= 0.6 is 0 Å². The first-order valence-electron chi connectivity index (χ1n) is 6.37. The van der Waals surface area contributed by atoms with Crippen molar-refractivity contribution in [3.05, 3.63) is 23.3 Å². The zero-order chi connectivity index (χ0) is 11.4. The van der Waals surface area contributed by atoms with E-state index in [4.69, 9.17) is 0 Å². The van der Waals surface area contributed by atoms with Crippen LogP contribution in [0.25, 0.3) is 0 Å². The normalized spacial score (nSPS) is 19.1. The van der Waals surface area contributed by atoms with Crippen LogP contribution in [-0.4, -0.2) is 0 Å². The van der Waals surface area contributed by atoms with Crippen molar-refractivity contribution >= 4 is 0 Å². The van der Waals surface area contributed by atoms with E-state index >= 15 is 0 Å². The molecule has 0 spiro atoms. The van der Waals surface area contributed by atoms with Gasteiger partial charge in [-0.1, -0.05) is 51.0 Å². The predicted octanol–water partition coefficient (Wildman–Crippen LogP) is 4.97. The van der Waals surface area contributed by atoms with Crippen molar-refractivity contribution < 1.29 is 0 Å². The molecule has 0 amide bonds. The molecule has 0 heterocycles. The van der Waals surface area contributed by atoms with Gasteiger partial charge in [-0.2, -0.15) is 0 Å². The maximum Gasteiger partial charge on any atom is -0.0174 e. The van der Waals surface area contributed by atoms with E-state index in [9.17, 15) is 0 Å². The fourth-order valence-corrected chi connectivity index (χ4v) is 2.43. The zero-order valence-electron chi connectivity index (χ0n) is 11.0. The summed E-state index contributed by atoms with van der Waals surface area (Å²) in [5.41, 5.74) is 3.22. The molecule has 1 unspecified atom stereocenters. The summed E-state index contributed by atoms with van der Waals surface area (Å²) < 4.78 is 0. The SMILES string of the molecule is CC1=CC=C(C(CC(C)C)C(C)C)CC1. The second-order valence-electron chi connectivity index (χ2n) is 5.73. The highest BCUT2D eigenvalue weighted by atomic mass is 14.3. The summed E-state index contributed by atoms with van der Waals surface area (Å²) >= 11 is 0. The third-order valence-corrected chi connectivity index (χ3v) is 3.40. The Morgan fingerprint density at radius 3 is 2.13 bits per heavy atom. The standard InChI is InChI=1S/C15H26/c1-11(2)10-15(12(3)4)14-8-6-13(5)7-9-14/h6,8,11-12,15H,7,9-10H2,1-5H3. The molecule has 0 bridgehead atoms. The van der Waals surface area contributed by atoms with Crippen molar-refractivity contribution in [3.63, 3.8) is 0 Å². The topological polar surface area (TPSA) is 0 Å². The number of hydrogen-bond acceptors (Lipinski definition) is 0. The summed E-state index contributed by atoms with van der Waals surface area (Å²) in [5, 5.41) is 0. The van der Waals surface area contributed by atoms with Crippen molar-refractivity contribution in [3.8, 4) is 0 Å². The van der Waals surface area contributed by atoms with Gasteiger partial charge in [0.2, 0.25) is 0 Å². The highest BCUT2D eigenvalue weighted by molar-refractivity contribution is 5.24. The Hall–Kier alpha value is -0.520. The summed E-state index contributed by atoms with van der Waals surface area (Å²) in [5.74, 6) is 2.39. The average Bonchev–Trinajstić information content (AvgIpc) is 2.15. The number of allylic oxidation sites excluding steroid dienone is 4. The Morgan fingerprint density at radius 1 is 1.07 bits per heavy atom. The molecule has 1 aliphatic rings. The predicted molar refractivity (Wildman–Crippen MR) is 68.9 cm³/mol. The lowest BCUT2D eigenvalue weighted by Gasteiger charge is -2.27. The second-order valence-corrected chi connectivity index (χ2v) is 5.73. The highest BCUT2D eigenvalue weighted by Crippen LogP contribution is 2.33. The largest absolute Gasteiger partial charge is 0.0730 e. The van der Waals surface area contributed by atoms with Crippen LogP contribution in [0, 0.1) is 17.8 Å². The van der Waals surface area contributed by atoms with Crippen molar-refractivity contribution in [2.45, 2.75) is 53.9 Å². The lowest BCUT2D eigenvalue weighted by Crippen LogP contribution is -2.15. The molecule has 0 heteroatoms. The molecule has 1 rings (SSSR count).